The fourth-order valence-electron chi connectivity index (χ4n) is 2.12. The average molecular weight is 306 g/mol. The number of nitrogen functional groups attached to an aromatic ring is 1. The molecule has 110 valence electrons. The van der Waals surface area contributed by atoms with Crippen LogP contribution in [0.25, 0.3) is 0 Å². The fourth-order valence-corrected chi connectivity index (χ4v) is 2.36. The molecule has 0 spiro atoms. The molecule has 0 aliphatic carbocycles. The van der Waals surface area contributed by atoms with Crippen LogP contribution in [0.1, 0.15) is 18.1 Å². The SMILES string of the molecule is CCN(Cc1ccc(C(=N)N)cc1Cl)c1ccccc1F. The molecular formula is C16H17ClFN3. The Bertz CT molecular complexity index is 658. The third kappa shape index (κ3) is 3.52. The van der Waals surface area contributed by atoms with Gasteiger partial charge in [0, 0.05) is 23.7 Å². The Kier molecular flexibility index (Phi) is 4.81. The standard InChI is InChI=1S/C16H17ClFN3/c1-2-21(15-6-4-3-5-14(15)18)10-12-8-7-11(16(19)20)9-13(12)17/h3-9H,2,10H2,1H3,(H3,19,20). The van der Waals surface area contributed by atoms with E-state index in [1.54, 1.807) is 24.3 Å². The van der Waals surface area contributed by atoms with Crippen LogP contribution in [0.3, 0.4) is 0 Å². The number of nitrogens with one attached hydrogen (secondary N) is 1. The van der Waals surface area contributed by atoms with E-state index in [1.165, 1.54) is 6.07 Å². The van der Waals surface area contributed by atoms with Crippen molar-refractivity contribution in [1.82, 2.24) is 0 Å². The van der Waals surface area contributed by atoms with Crippen molar-refractivity contribution in [3.63, 3.8) is 0 Å². The van der Waals surface area contributed by atoms with Crippen molar-refractivity contribution in [2.75, 3.05) is 11.4 Å². The van der Waals surface area contributed by atoms with E-state index in [-0.39, 0.29) is 11.7 Å². The largest absolute Gasteiger partial charge is 0.384 e. The first kappa shape index (κ1) is 15.3. The predicted octanol–water partition coefficient (Wildman–Crippen LogP) is 3.79. The van der Waals surface area contributed by atoms with Crippen molar-refractivity contribution in [2.45, 2.75) is 13.5 Å². The van der Waals surface area contributed by atoms with Crippen LogP contribution in [0.15, 0.2) is 42.5 Å². The van der Waals surface area contributed by atoms with Crippen LogP contribution in [0, 0.1) is 11.2 Å². The molecule has 2 aromatic rings. The van der Waals surface area contributed by atoms with Gasteiger partial charge in [-0.2, -0.15) is 0 Å². The van der Waals surface area contributed by atoms with Crippen LogP contribution in [-0.4, -0.2) is 12.4 Å². The van der Waals surface area contributed by atoms with Crippen LogP contribution < -0.4 is 10.6 Å². The van der Waals surface area contributed by atoms with E-state index in [0.29, 0.717) is 29.4 Å². The van der Waals surface area contributed by atoms with Gasteiger partial charge in [-0.15, -0.1) is 0 Å². The number of benzene rings is 2. The molecule has 21 heavy (non-hydrogen) atoms. The summed E-state index contributed by atoms with van der Waals surface area (Å²) in [4.78, 5) is 1.91. The van der Waals surface area contributed by atoms with Gasteiger partial charge in [0.15, 0.2) is 0 Å². The molecule has 0 aliphatic heterocycles. The Hall–Kier alpha value is -2.07. The van der Waals surface area contributed by atoms with E-state index in [0.717, 1.165) is 5.56 Å². The molecule has 2 rings (SSSR count). The van der Waals surface area contributed by atoms with E-state index in [4.69, 9.17) is 22.7 Å². The number of anilines is 1. The van der Waals surface area contributed by atoms with Gasteiger partial charge in [-0.1, -0.05) is 35.9 Å². The van der Waals surface area contributed by atoms with E-state index in [1.807, 2.05) is 24.0 Å². The minimum absolute atomic E-state index is 0.0232. The Morgan fingerprint density at radius 1 is 1.29 bits per heavy atom. The van der Waals surface area contributed by atoms with Gasteiger partial charge in [0.05, 0.1) is 5.69 Å². The highest BCUT2D eigenvalue weighted by Gasteiger charge is 2.12. The molecule has 0 aromatic heterocycles. The van der Waals surface area contributed by atoms with Gasteiger partial charge in [-0.3, -0.25) is 5.41 Å². The molecular weight excluding hydrogens is 289 g/mol. The lowest BCUT2D eigenvalue weighted by Crippen LogP contribution is -2.23. The second-order valence-corrected chi connectivity index (χ2v) is 5.09. The van der Waals surface area contributed by atoms with E-state index < -0.39 is 0 Å². The molecule has 0 saturated carbocycles. The van der Waals surface area contributed by atoms with Gasteiger partial charge < -0.3 is 10.6 Å². The van der Waals surface area contributed by atoms with Crippen LogP contribution in [0.2, 0.25) is 5.02 Å². The smallest absolute Gasteiger partial charge is 0.146 e. The van der Waals surface area contributed by atoms with Gasteiger partial charge in [-0.05, 0) is 30.7 Å². The van der Waals surface area contributed by atoms with Gasteiger partial charge in [0.25, 0.3) is 0 Å². The molecule has 0 fully saturated rings. The summed E-state index contributed by atoms with van der Waals surface area (Å²) < 4.78 is 13.9. The summed E-state index contributed by atoms with van der Waals surface area (Å²) in [5, 5.41) is 7.93. The minimum Gasteiger partial charge on any atom is -0.384 e. The van der Waals surface area contributed by atoms with Gasteiger partial charge in [-0.25, -0.2) is 4.39 Å². The summed E-state index contributed by atoms with van der Waals surface area (Å²) in [6, 6.07) is 11.9. The molecule has 0 aliphatic rings. The number of amidine groups is 1. The van der Waals surface area contributed by atoms with Crippen LogP contribution >= 0.6 is 11.6 Å². The number of nitrogens with zero attached hydrogens (tertiary/aromatic N) is 1. The average Bonchev–Trinajstić information content (AvgIpc) is 2.47. The minimum atomic E-state index is -0.254. The molecule has 2 aromatic carbocycles. The maximum atomic E-state index is 13.9. The molecule has 3 N–H and O–H groups in total. The lowest BCUT2D eigenvalue weighted by Gasteiger charge is -2.24. The molecule has 0 bridgehead atoms. The zero-order valence-corrected chi connectivity index (χ0v) is 12.5. The molecule has 0 saturated heterocycles. The van der Waals surface area contributed by atoms with Crippen molar-refractivity contribution < 1.29 is 4.39 Å². The number of para-hydroxylation sites is 1. The Morgan fingerprint density at radius 3 is 2.57 bits per heavy atom. The van der Waals surface area contributed by atoms with Crippen LogP contribution in [0.5, 0.6) is 0 Å². The van der Waals surface area contributed by atoms with Gasteiger partial charge in [0.1, 0.15) is 11.7 Å². The lowest BCUT2D eigenvalue weighted by molar-refractivity contribution is 0.618. The van der Waals surface area contributed by atoms with Crippen LogP contribution in [0.4, 0.5) is 10.1 Å². The summed E-state index contributed by atoms with van der Waals surface area (Å²) >= 11 is 6.23. The van der Waals surface area contributed by atoms with Crippen molar-refractivity contribution in [1.29, 1.82) is 5.41 Å². The zero-order chi connectivity index (χ0) is 15.4. The maximum Gasteiger partial charge on any atom is 0.146 e. The highest BCUT2D eigenvalue weighted by molar-refractivity contribution is 6.31. The highest BCUT2D eigenvalue weighted by atomic mass is 35.5. The van der Waals surface area contributed by atoms with Gasteiger partial charge in [0.2, 0.25) is 0 Å². The molecule has 0 amide bonds. The first-order valence-electron chi connectivity index (χ1n) is 6.65. The number of hydrogen-bond acceptors (Lipinski definition) is 2. The summed E-state index contributed by atoms with van der Waals surface area (Å²) in [5.74, 6) is -0.277. The summed E-state index contributed by atoms with van der Waals surface area (Å²) in [7, 11) is 0. The molecule has 0 radical (unpaired) electrons. The second kappa shape index (κ2) is 6.59. The Morgan fingerprint density at radius 2 is 2.00 bits per heavy atom. The molecule has 0 unspecified atom stereocenters. The molecule has 0 atom stereocenters. The number of nitrogens with two attached hydrogens (primary N) is 1. The van der Waals surface area contributed by atoms with Crippen molar-refractivity contribution in [2.24, 2.45) is 5.73 Å². The monoisotopic (exact) mass is 305 g/mol. The zero-order valence-electron chi connectivity index (χ0n) is 11.7. The fraction of sp³-hybridized carbons (Fsp3) is 0.188. The maximum absolute atomic E-state index is 13.9. The normalized spacial score (nSPS) is 10.4. The number of hydrogen-bond donors (Lipinski definition) is 2. The highest BCUT2D eigenvalue weighted by Crippen LogP contribution is 2.24. The third-order valence-electron chi connectivity index (χ3n) is 3.30. The number of rotatable bonds is 5. The first-order chi connectivity index (χ1) is 10.0. The molecule has 0 heterocycles. The molecule has 3 nitrogen and oxygen atoms in total. The van der Waals surface area contributed by atoms with E-state index in [9.17, 15) is 4.39 Å². The third-order valence-corrected chi connectivity index (χ3v) is 3.65. The Labute approximate surface area is 128 Å². The van der Waals surface area contributed by atoms with Crippen LogP contribution in [-0.2, 0) is 6.54 Å². The second-order valence-electron chi connectivity index (χ2n) is 4.69. The van der Waals surface area contributed by atoms with Crippen molar-refractivity contribution in [3.8, 4) is 0 Å². The molecule has 5 heteroatoms. The summed E-state index contributed by atoms with van der Waals surface area (Å²) in [5.41, 5.74) is 7.43. The summed E-state index contributed by atoms with van der Waals surface area (Å²) in [6.07, 6.45) is 0. The quantitative estimate of drug-likeness (QED) is 0.652. The van der Waals surface area contributed by atoms with Crippen molar-refractivity contribution >= 4 is 23.1 Å². The first-order valence-corrected chi connectivity index (χ1v) is 7.03. The van der Waals surface area contributed by atoms with E-state index in [2.05, 4.69) is 0 Å². The van der Waals surface area contributed by atoms with Crippen molar-refractivity contribution in [3.05, 3.63) is 64.4 Å². The van der Waals surface area contributed by atoms with E-state index >= 15 is 0 Å². The number of halogens is 2. The summed E-state index contributed by atoms with van der Waals surface area (Å²) in [6.45, 7) is 3.12. The Balaban J connectivity index is 2.27. The topological polar surface area (TPSA) is 53.1 Å². The predicted molar refractivity (Wildman–Crippen MR) is 85.6 cm³/mol. The van der Waals surface area contributed by atoms with Gasteiger partial charge >= 0.3 is 0 Å². The lowest BCUT2D eigenvalue weighted by atomic mass is 10.1.